The highest BCUT2D eigenvalue weighted by Gasteiger charge is 2.21. The monoisotopic (exact) mass is 280 g/mol. The van der Waals surface area contributed by atoms with Crippen molar-refractivity contribution in [3.63, 3.8) is 0 Å². The van der Waals surface area contributed by atoms with Gasteiger partial charge in [0.25, 0.3) is 0 Å². The summed E-state index contributed by atoms with van der Waals surface area (Å²) in [6.07, 6.45) is 2.09. The van der Waals surface area contributed by atoms with E-state index in [2.05, 4.69) is 16.9 Å². The molecule has 0 unspecified atom stereocenters. The van der Waals surface area contributed by atoms with E-state index in [-0.39, 0.29) is 0 Å². The van der Waals surface area contributed by atoms with E-state index in [0.717, 1.165) is 36.1 Å². The highest BCUT2D eigenvalue weighted by atomic mass is 35.5. The van der Waals surface area contributed by atoms with Crippen LogP contribution in [0.2, 0.25) is 5.15 Å². The maximum absolute atomic E-state index is 5.99. The van der Waals surface area contributed by atoms with Crippen LogP contribution in [0.4, 0.5) is 5.13 Å². The molecule has 0 atom stereocenters. The quantitative estimate of drug-likeness (QED) is 0.796. The molecule has 0 amide bonds. The SMILES string of the molecule is CN(c1nc(Cl)c(CCl)s1)C1CCOCC1. The van der Waals surface area contributed by atoms with Gasteiger partial charge in [0, 0.05) is 26.3 Å². The van der Waals surface area contributed by atoms with E-state index in [4.69, 9.17) is 27.9 Å². The van der Waals surface area contributed by atoms with Crippen LogP contribution in [0.1, 0.15) is 17.7 Å². The van der Waals surface area contributed by atoms with Gasteiger partial charge < -0.3 is 9.64 Å². The number of ether oxygens (including phenoxy) is 1. The minimum absolute atomic E-state index is 0.429. The van der Waals surface area contributed by atoms with E-state index in [1.807, 2.05) is 0 Å². The number of thiazole rings is 1. The van der Waals surface area contributed by atoms with E-state index in [1.54, 1.807) is 11.3 Å². The molecule has 1 aromatic rings. The normalized spacial score (nSPS) is 17.7. The Kier molecular flexibility index (Phi) is 4.30. The van der Waals surface area contributed by atoms with Crippen molar-refractivity contribution in [3.8, 4) is 0 Å². The van der Waals surface area contributed by atoms with Crippen molar-refractivity contribution < 1.29 is 4.74 Å². The second-order valence-corrected chi connectivity index (χ2v) is 5.49. The van der Waals surface area contributed by atoms with Gasteiger partial charge in [-0.3, -0.25) is 0 Å². The lowest BCUT2D eigenvalue weighted by molar-refractivity contribution is 0.0855. The number of alkyl halides is 1. The average molecular weight is 281 g/mol. The fraction of sp³-hybridized carbons (Fsp3) is 0.700. The van der Waals surface area contributed by atoms with Crippen molar-refractivity contribution in [2.24, 2.45) is 0 Å². The zero-order valence-electron chi connectivity index (χ0n) is 9.08. The van der Waals surface area contributed by atoms with Gasteiger partial charge in [-0.2, -0.15) is 0 Å². The van der Waals surface area contributed by atoms with E-state index in [1.165, 1.54) is 0 Å². The molecular weight excluding hydrogens is 267 g/mol. The topological polar surface area (TPSA) is 25.4 Å². The predicted octanol–water partition coefficient (Wildman–Crippen LogP) is 3.15. The number of anilines is 1. The standard InChI is InChI=1S/C10H14Cl2N2OS/c1-14(7-2-4-15-5-3-7)10-13-9(12)8(6-11)16-10/h7H,2-6H2,1H3. The Labute approximate surface area is 109 Å². The van der Waals surface area contributed by atoms with Crippen molar-refractivity contribution in [1.82, 2.24) is 4.98 Å². The molecule has 1 aliphatic heterocycles. The van der Waals surface area contributed by atoms with E-state index < -0.39 is 0 Å². The van der Waals surface area contributed by atoms with E-state index in [0.29, 0.717) is 17.1 Å². The lowest BCUT2D eigenvalue weighted by atomic mass is 10.1. The Morgan fingerprint density at radius 3 is 2.75 bits per heavy atom. The molecule has 2 heterocycles. The molecule has 2 rings (SSSR count). The lowest BCUT2D eigenvalue weighted by Gasteiger charge is -2.30. The third-order valence-electron chi connectivity index (χ3n) is 2.80. The molecule has 16 heavy (non-hydrogen) atoms. The van der Waals surface area contributed by atoms with Gasteiger partial charge in [0.15, 0.2) is 5.13 Å². The predicted molar refractivity (Wildman–Crippen MR) is 68.9 cm³/mol. The highest BCUT2D eigenvalue weighted by Crippen LogP contribution is 2.32. The molecule has 3 nitrogen and oxygen atoms in total. The number of aromatic nitrogens is 1. The summed E-state index contributed by atoms with van der Waals surface area (Å²) >= 11 is 13.3. The van der Waals surface area contributed by atoms with Crippen LogP contribution in [-0.4, -0.2) is 31.3 Å². The highest BCUT2D eigenvalue weighted by molar-refractivity contribution is 7.16. The Morgan fingerprint density at radius 1 is 1.50 bits per heavy atom. The summed E-state index contributed by atoms with van der Waals surface area (Å²) < 4.78 is 5.34. The Balaban J connectivity index is 2.09. The van der Waals surface area contributed by atoms with Crippen LogP contribution >= 0.6 is 34.5 Å². The minimum atomic E-state index is 0.429. The first-order valence-corrected chi connectivity index (χ1v) is 6.97. The van der Waals surface area contributed by atoms with Crippen molar-refractivity contribution in [2.75, 3.05) is 25.2 Å². The Hall–Kier alpha value is -0.0300. The van der Waals surface area contributed by atoms with Crippen LogP contribution in [0.5, 0.6) is 0 Å². The van der Waals surface area contributed by atoms with Gasteiger partial charge in [-0.25, -0.2) is 4.98 Å². The van der Waals surface area contributed by atoms with Crippen molar-refractivity contribution in [2.45, 2.75) is 24.8 Å². The van der Waals surface area contributed by atoms with Gasteiger partial charge in [0.05, 0.1) is 10.8 Å². The molecule has 90 valence electrons. The van der Waals surface area contributed by atoms with Crippen LogP contribution in [0, 0.1) is 0 Å². The van der Waals surface area contributed by atoms with Crippen LogP contribution in [0.3, 0.4) is 0 Å². The lowest BCUT2D eigenvalue weighted by Crippen LogP contribution is -2.36. The third-order valence-corrected chi connectivity index (χ3v) is 4.80. The summed E-state index contributed by atoms with van der Waals surface area (Å²) in [7, 11) is 2.06. The average Bonchev–Trinajstić information content (AvgIpc) is 2.71. The Bertz CT molecular complexity index is 353. The third kappa shape index (κ3) is 2.62. The van der Waals surface area contributed by atoms with Crippen LogP contribution < -0.4 is 4.90 Å². The maximum atomic E-state index is 5.99. The van der Waals surface area contributed by atoms with Gasteiger partial charge in [-0.05, 0) is 12.8 Å². The number of hydrogen-bond acceptors (Lipinski definition) is 4. The first kappa shape index (κ1) is 12.4. The second kappa shape index (κ2) is 5.54. The maximum Gasteiger partial charge on any atom is 0.187 e. The zero-order chi connectivity index (χ0) is 11.5. The molecule has 6 heteroatoms. The number of halogens is 2. The first-order valence-electron chi connectivity index (χ1n) is 5.24. The fourth-order valence-corrected chi connectivity index (χ4v) is 3.29. The molecule has 0 aliphatic carbocycles. The van der Waals surface area contributed by atoms with E-state index >= 15 is 0 Å². The fourth-order valence-electron chi connectivity index (χ4n) is 1.78. The minimum Gasteiger partial charge on any atom is -0.381 e. The van der Waals surface area contributed by atoms with Gasteiger partial charge in [-0.15, -0.1) is 11.6 Å². The number of nitrogens with zero attached hydrogens (tertiary/aromatic N) is 2. The molecule has 0 spiro atoms. The molecule has 0 radical (unpaired) electrons. The summed E-state index contributed by atoms with van der Waals surface area (Å²) in [6.45, 7) is 1.66. The Morgan fingerprint density at radius 2 is 2.19 bits per heavy atom. The van der Waals surface area contributed by atoms with Gasteiger partial charge in [0.1, 0.15) is 5.15 Å². The van der Waals surface area contributed by atoms with Crippen LogP contribution in [0.25, 0.3) is 0 Å². The van der Waals surface area contributed by atoms with Crippen molar-refractivity contribution in [1.29, 1.82) is 0 Å². The number of rotatable bonds is 3. The summed E-state index contributed by atoms with van der Waals surface area (Å²) in [5.74, 6) is 0.429. The van der Waals surface area contributed by atoms with Gasteiger partial charge >= 0.3 is 0 Å². The summed E-state index contributed by atoms with van der Waals surface area (Å²) in [5.41, 5.74) is 0. The first-order chi connectivity index (χ1) is 7.72. The summed E-state index contributed by atoms with van der Waals surface area (Å²) in [4.78, 5) is 7.47. The molecule has 1 saturated heterocycles. The van der Waals surface area contributed by atoms with Crippen LogP contribution in [0.15, 0.2) is 0 Å². The number of hydrogen-bond donors (Lipinski definition) is 0. The van der Waals surface area contributed by atoms with Gasteiger partial charge in [-0.1, -0.05) is 22.9 Å². The second-order valence-electron chi connectivity index (χ2n) is 3.80. The largest absolute Gasteiger partial charge is 0.381 e. The molecule has 0 saturated carbocycles. The summed E-state index contributed by atoms with van der Waals surface area (Å²) in [5, 5.41) is 1.49. The smallest absolute Gasteiger partial charge is 0.187 e. The van der Waals surface area contributed by atoms with Crippen LogP contribution in [-0.2, 0) is 10.6 Å². The van der Waals surface area contributed by atoms with E-state index in [9.17, 15) is 0 Å². The molecule has 1 fully saturated rings. The van der Waals surface area contributed by atoms with Crippen molar-refractivity contribution in [3.05, 3.63) is 10.0 Å². The molecule has 1 aliphatic rings. The molecule has 0 aromatic carbocycles. The summed E-state index contributed by atoms with van der Waals surface area (Å²) in [6, 6.07) is 0.499. The molecule has 0 N–H and O–H groups in total. The van der Waals surface area contributed by atoms with Gasteiger partial charge in [0.2, 0.25) is 0 Å². The molecular formula is C10H14Cl2N2OS. The van der Waals surface area contributed by atoms with Crippen molar-refractivity contribution >= 4 is 39.7 Å². The molecule has 1 aromatic heterocycles. The molecule has 0 bridgehead atoms. The zero-order valence-corrected chi connectivity index (χ0v) is 11.4.